The number of sulfonamides is 1. The van der Waals surface area contributed by atoms with Gasteiger partial charge >= 0.3 is 0 Å². The van der Waals surface area contributed by atoms with Gasteiger partial charge in [0, 0.05) is 29.5 Å². The lowest BCUT2D eigenvalue weighted by Crippen LogP contribution is -2.44. The summed E-state index contributed by atoms with van der Waals surface area (Å²) in [6, 6.07) is 17.0. The smallest absolute Gasteiger partial charge is 0.243 e. The molecule has 156 valence electrons. The van der Waals surface area contributed by atoms with Gasteiger partial charge in [0.15, 0.2) is 0 Å². The van der Waals surface area contributed by atoms with E-state index >= 15 is 0 Å². The fourth-order valence-corrected chi connectivity index (χ4v) is 5.31. The molecular weight excluding hydrogens is 452 g/mol. The van der Waals surface area contributed by atoms with Crippen LogP contribution in [0.3, 0.4) is 0 Å². The maximum absolute atomic E-state index is 12.8. The molecule has 3 rings (SSSR count). The fraction of sp³-hybridized carbons (Fsp3) is 0.409. The Morgan fingerprint density at radius 2 is 1.72 bits per heavy atom. The number of piperidine rings is 1. The van der Waals surface area contributed by atoms with Gasteiger partial charge in [-0.05, 0) is 62.4 Å². The molecule has 0 aromatic heterocycles. The maximum atomic E-state index is 12.8. The number of nitrogens with zero attached hydrogens (tertiary/aromatic N) is 1. The molecule has 1 heterocycles. The Morgan fingerprint density at radius 3 is 2.34 bits per heavy atom. The minimum atomic E-state index is -3.51. The second kappa shape index (κ2) is 9.87. The van der Waals surface area contributed by atoms with Crippen LogP contribution in [0.5, 0.6) is 0 Å². The largest absolute Gasteiger partial charge is 0.353 e. The molecule has 1 saturated heterocycles. The van der Waals surface area contributed by atoms with Gasteiger partial charge in [-0.2, -0.15) is 4.31 Å². The van der Waals surface area contributed by atoms with Crippen molar-refractivity contribution in [1.82, 2.24) is 9.62 Å². The molecule has 1 amide bonds. The lowest BCUT2D eigenvalue weighted by molar-refractivity contribution is -0.126. The SMILES string of the molecule is C[C@H](CCc1ccccc1)NC(=O)C1CCN(S(=O)(=O)c2ccc(Br)cc2)CC1. The number of benzene rings is 2. The average molecular weight is 479 g/mol. The first kappa shape index (κ1) is 22.0. The summed E-state index contributed by atoms with van der Waals surface area (Å²) in [4.78, 5) is 12.9. The summed E-state index contributed by atoms with van der Waals surface area (Å²) in [6.45, 7) is 2.76. The van der Waals surface area contributed by atoms with Crippen molar-refractivity contribution >= 4 is 31.9 Å². The van der Waals surface area contributed by atoms with Crippen molar-refractivity contribution in [2.75, 3.05) is 13.1 Å². The van der Waals surface area contributed by atoms with Gasteiger partial charge in [-0.25, -0.2) is 8.42 Å². The minimum absolute atomic E-state index is 0.0336. The molecule has 2 aromatic rings. The molecule has 0 spiro atoms. The number of aryl methyl sites for hydroxylation is 1. The van der Waals surface area contributed by atoms with E-state index in [1.807, 2.05) is 25.1 Å². The predicted octanol–water partition coefficient (Wildman–Crippen LogP) is 3.99. The monoisotopic (exact) mass is 478 g/mol. The van der Waals surface area contributed by atoms with Crippen LogP contribution in [0.15, 0.2) is 64.0 Å². The summed E-state index contributed by atoms with van der Waals surface area (Å²) in [7, 11) is -3.51. The van der Waals surface area contributed by atoms with Gasteiger partial charge in [0.1, 0.15) is 0 Å². The van der Waals surface area contributed by atoms with Crippen molar-refractivity contribution in [3.63, 3.8) is 0 Å². The van der Waals surface area contributed by atoms with Crippen molar-refractivity contribution in [2.45, 2.75) is 43.5 Å². The molecule has 5 nitrogen and oxygen atoms in total. The van der Waals surface area contributed by atoms with E-state index in [1.165, 1.54) is 9.87 Å². The third kappa shape index (κ3) is 5.90. The fourth-order valence-electron chi connectivity index (χ4n) is 3.57. The van der Waals surface area contributed by atoms with Crippen LogP contribution in [0.4, 0.5) is 0 Å². The van der Waals surface area contributed by atoms with E-state index in [0.717, 1.165) is 17.3 Å². The normalized spacial score (nSPS) is 17.0. The molecule has 0 saturated carbocycles. The van der Waals surface area contributed by atoms with Crippen molar-refractivity contribution in [2.24, 2.45) is 5.92 Å². The predicted molar refractivity (Wildman–Crippen MR) is 118 cm³/mol. The van der Waals surface area contributed by atoms with Gasteiger partial charge < -0.3 is 5.32 Å². The van der Waals surface area contributed by atoms with Crippen LogP contribution in [-0.4, -0.2) is 37.8 Å². The number of rotatable bonds is 7. The Morgan fingerprint density at radius 1 is 1.10 bits per heavy atom. The number of nitrogens with one attached hydrogen (secondary N) is 1. The van der Waals surface area contributed by atoms with Crippen LogP contribution in [0, 0.1) is 5.92 Å². The highest BCUT2D eigenvalue weighted by Gasteiger charge is 2.32. The van der Waals surface area contributed by atoms with E-state index < -0.39 is 10.0 Å². The molecule has 1 N–H and O–H groups in total. The second-order valence-electron chi connectivity index (χ2n) is 7.57. The van der Waals surface area contributed by atoms with Crippen molar-refractivity contribution in [3.8, 4) is 0 Å². The summed E-state index contributed by atoms with van der Waals surface area (Å²) >= 11 is 3.32. The Bertz CT molecular complexity index is 909. The number of carbonyl (C=O) groups excluding carboxylic acids is 1. The highest BCUT2D eigenvalue weighted by molar-refractivity contribution is 9.10. The lowest BCUT2D eigenvalue weighted by atomic mass is 9.96. The molecule has 1 aliphatic rings. The molecule has 0 unspecified atom stereocenters. The highest BCUT2D eigenvalue weighted by Crippen LogP contribution is 2.25. The topological polar surface area (TPSA) is 66.5 Å². The van der Waals surface area contributed by atoms with Crippen LogP contribution in [0.2, 0.25) is 0 Å². The molecule has 7 heteroatoms. The van der Waals surface area contributed by atoms with E-state index in [-0.39, 0.29) is 22.8 Å². The first-order chi connectivity index (χ1) is 13.9. The third-order valence-corrected chi connectivity index (χ3v) is 7.82. The van der Waals surface area contributed by atoms with E-state index in [2.05, 4.69) is 33.4 Å². The molecule has 0 aliphatic carbocycles. The standard InChI is InChI=1S/C22H27BrN2O3S/c1-17(7-8-18-5-3-2-4-6-18)24-22(26)19-13-15-25(16-14-19)29(27,28)21-11-9-20(23)10-12-21/h2-6,9-12,17,19H,7-8,13-16H2,1H3,(H,24,26)/t17-/m1/s1. The zero-order valence-corrected chi connectivity index (χ0v) is 19.0. The van der Waals surface area contributed by atoms with Crippen molar-refractivity contribution in [1.29, 1.82) is 0 Å². The lowest BCUT2D eigenvalue weighted by Gasteiger charge is -2.31. The van der Waals surface area contributed by atoms with Gasteiger partial charge in [0.25, 0.3) is 0 Å². The van der Waals surface area contributed by atoms with Gasteiger partial charge in [-0.15, -0.1) is 0 Å². The van der Waals surface area contributed by atoms with E-state index in [9.17, 15) is 13.2 Å². The van der Waals surface area contributed by atoms with Crippen molar-refractivity contribution in [3.05, 3.63) is 64.6 Å². The summed E-state index contributed by atoms with van der Waals surface area (Å²) in [5.41, 5.74) is 1.26. The van der Waals surface area contributed by atoms with Crippen LogP contribution in [0.25, 0.3) is 0 Å². The van der Waals surface area contributed by atoms with E-state index in [1.54, 1.807) is 24.3 Å². The molecular formula is C22H27BrN2O3S. The molecule has 29 heavy (non-hydrogen) atoms. The first-order valence-electron chi connectivity index (χ1n) is 9.96. The van der Waals surface area contributed by atoms with Crippen LogP contribution >= 0.6 is 15.9 Å². The molecule has 0 radical (unpaired) electrons. The molecule has 1 aliphatic heterocycles. The van der Waals surface area contributed by atoms with Gasteiger partial charge in [0.05, 0.1) is 4.90 Å². The van der Waals surface area contributed by atoms with Crippen LogP contribution in [0.1, 0.15) is 31.7 Å². The number of hydrogen-bond donors (Lipinski definition) is 1. The second-order valence-corrected chi connectivity index (χ2v) is 10.4. The quantitative estimate of drug-likeness (QED) is 0.653. The molecule has 1 atom stereocenters. The number of carbonyl (C=O) groups is 1. The summed E-state index contributed by atoms with van der Waals surface area (Å²) in [6.07, 6.45) is 2.90. The minimum Gasteiger partial charge on any atom is -0.353 e. The van der Waals surface area contributed by atoms with Gasteiger partial charge in [-0.3, -0.25) is 4.79 Å². The van der Waals surface area contributed by atoms with Crippen LogP contribution in [-0.2, 0) is 21.2 Å². The van der Waals surface area contributed by atoms with E-state index in [4.69, 9.17) is 0 Å². The Kier molecular flexibility index (Phi) is 7.49. The zero-order valence-electron chi connectivity index (χ0n) is 16.6. The number of halogens is 1. The third-order valence-electron chi connectivity index (χ3n) is 5.37. The highest BCUT2D eigenvalue weighted by atomic mass is 79.9. The van der Waals surface area contributed by atoms with Gasteiger partial charge in [-0.1, -0.05) is 46.3 Å². The summed E-state index contributed by atoms with van der Waals surface area (Å²) < 4.78 is 27.9. The zero-order chi connectivity index (χ0) is 20.9. The van der Waals surface area contributed by atoms with Gasteiger partial charge in [0.2, 0.25) is 15.9 Å². The van der Waals surface area contributed by atoms with E-state index in [0.29, 0.717) is 25.9 Å². The maximum Gasteiger partial charge on any atom is 0.243 e. The Labute approximate surface area is 181 Å². The molecule has 0 bridgehead atoms. The molecule has 2 aromatic carbocycles. The summed E-state index contributed by atoms with van der Waals surface area (Å²) in [5.74, 6) is -0.100. The Hall–Kier alpha value is -1.70. The Balaban J connectivity index is 1.48. The first-order valence-corrected chi connectivity index (χ1v) is 12.2. The van der Waals surface area contributed by atoms with Crippen molar-refractivity contribution < 1.29 is 13.2 Å². The summed E-state index contributed by atoms with van der Waals surface area (Å²) in [5, 5.41) is 3.10. The van der Waals surface area contributed by atoms with Crippen LogP contribution < -0.4 is 5.32 Å². The number of amides is 1. The number of hydrogen-bond acceptors (Lipinski definition) is 3. The molecule has 1 fully saturated rings. The average Bonchev–Trinajstić information content (AvgIpc) is 2.73.